The van der Waals surface area contributed by atoms with Gasteiger partial charge in [0.05, 0.1) is 5.56 Å². The zero-order chi connectivity index (χ0) is 9.30. The number of rotatable bonds is 1. The molecule has 0 spiro atoms. The molecular formula is C7H5F3O2. The van der Waals surface area contributed by atoms with Crippen LogP contribution >= 0.6 is 0 Å². The Labute approximate surface area is 65.9 Å². The molecule has 0 unspecified atom stereocenters. The van der Waals surface area contributed by atoms with Gasteiger partial charge in [0.25, 0.3) is 0 Å². The van der Waals surface area contributed by atoms with Crippen molar-refractivity contribution in [3.63, 3.8) is 0 Å². The van der Waals surface area contributed by atoms with E-state index in [0.717, 1.165) is 0 Å². The summed E-state index contributed by atoms with van der Waals surface area (Å²) >= 11 is 0. The fraction of sp³-hybridized carbons (Fsp3) is 0.143. The molecular weight excluding hydrogens is 173 g/mol. The maximum absolute atomic E-state index is 12.6. The van der Waals surface area contributed by atoms with Crippen molar-refractivity contribution < 1.29 is 23.4 Å². The third-order valence-corrected chi connectivity index (χ3v) is 1.30. The molecule has 0 aliphatic carbocycles. The van der Waals surface area contributed by atoms with Gasteiger partial charge in [0.15, 0.2) is 6.29 Å². The highest BCUT2D eigenvalue weighted by Crippen LogP contribution is 2.19. The average molecular weight is 178 g/mol. The molecule has 1 rings (SSSR count). The molecule has 66 valence electrons. The average Bonchev–Trinajstić information content (AvgIpc) is 1.82. The molecule has 0 aliphatic rings. The summed E-state index contributed by atoms with van der Waals surface area (Å²) in [6.45, 7) is 0. The minimum atomic E-state index is -2.27. The summed E-state index contributed by atoms with van der Waals surface area (Å²) in [4.78, 5) is 0. The SMILES string of the molecule is OC(O)c1c(F)cc(F)cc1F. The number of hydrogen-bond donors (Lipinski definition) is 2. The largest absolute Gasteiger partial charge is 0.364 e. The van der Waals surface area contributed by atoms with E-state index < -0.39 is 29.3 Å². The number of benzene rings is 1. The zero-order valence-corrected chi connectivity index (χ0v) is 5.76. The molecule has 5 heteroatoms. The van der Waals surface area contributed by atoms with Gasteiger partial charge in [0, 0.05) is 12.1 Å². The monoisotopic (exact) mass is 178 g/mol. The molecule has 0 saturated carbocycles. The molecule has 1 aromatic rings. The zero-order valence-electron chi connectivity index (χ0n) is 5.76. The van der Waals surface area contributed by atoms with Crippen molar-refractivity contribution in [3.8, 4) is 0 Å². The first kappa shape index (κ1) is 9.02. The van der Waals surface area contributed by atoms with Gasteiger partial charge in [-0.15, -0.1) is 0 Å². The van der Waals surface area contributed by atoms with Crippen molar-refractivity contribution in [1.82, 2.24) is 0 Å². The third kappa shape index (κ3) is 1.57. The van der Waals surface area contributed by atoms with Crippen LogP contribution in [0.4, 0.5) is 13.2 Å². The molecule has 0 atom stereocenters. The Hall–Kier alpha value is -1.07. The highest BCUT2D eigenvalue weighted by atomic mass is 19.1. The minimum Gasteiger partial charge on any atom is -0.364 e. The molecule has 0 bridgehead atoms. The summed E-state index contributed by atoms with van der Waals surface area (Å²) in [7, 11) is 0. The third-order valence-electron chi connectivity index (χ3n) is 1.30. The van der Waals surface area contributed by atoms with Gasteiger partial charge >= 0.3 is 0 Å². The standard InChI is InChI=1S/C7H5F3O2/c8-3-1-4(9)6(7(11)12)5(10)2-3/h1-2,7,11-12H. The van der Waals surface area contributed by atoms with Gasteiger partial charge in [0.1, 0.15) is 17.5 Å². The first-order valence-corrected chi connectivity index (χ1v) is 3.03. The van der Waals surface area contributed by atoms with E-state index in [9.17, 15) is 13.2 Å². The first-order valence-electron chi connectivity index (χ1n) is 3.03. The fourth-order valence-electron chi connectivity index (χ4n) is 0.800. The summed E-state index contributed by atoms with van der Waals surface area (Å²) in [5, 5.41) is 16.9. The molecule has 0 aromatic heterocycles. The van der Waals surface area contributed by atoms with E-state index in [4.69, 9.17) is 10.2 Å². The smallest absolute Gasteiger partial charge is 0.184 e. The predicted octanol–water partition coefficient (Wildman–Crippen LogP) is 1.09. The topological polar surface area (TPSA) is 40.5 Å². The minimum absolute atomic E-state index is 0.373. The van der Waals surface area contributed by atoms with Crippen LogP contribution in [0.3, 0.4) is 0 Å². The van der Waals surface area contributed by atoms with Crippen molar-refractivity contribution in [2.45, 2.75) is 6.29 Å². The van der Waals surface area contributed by atoms with Crippen LogP contribution in [0, 0.1) is 17.5 Å². The summed E-state index contributed by atoms with van der Waals surface area (Å²) < 4.78 is 37.4. The molecule has 1 aromatic carbocycles. The van der Waals surface area contributed by atoms with Crippen LogP contribution < -0.4 is 0 Å². The van der Waals surface area contributed by atoms with E-state index in [0.29, 0.717) is 12.1 Å². The van der Waals surface area contributed by atoms with Crippen molar-refractivity contribution in [2.24, 2.45) is 0 Å². The molecule has 0 radical (unpaired) electrons. The highest BCUT2D eigenvalue weighted by molar-refractivity contribution is 5.21. The quantitative estimate of drug-likeness (QED) is 0.632. The van der Waals surface area contributed by atoms with E-state index >= 15 is 0 Å². The first-order chi connectivity index (χ1) is 5.52. The molecule has 0 saturated heterocycles. The summed E-state index contributed by atoms with van der Waals surface area (Å²) in [5.74, 6) is -3.74. The number of aliphatic hydroxyl groups is 2. The Kier molecular flexibility index (Phi) is 2.35. The summed E-state index contributed by atoms with van der Waals surface area (Å²) in [6, 6.07) is 0.746. The highest BCUT2D eigenvalue weighted by Gasteiger charge is 2.16. The molecule has 0 aliphatic heterocycles. The van der Waals surface area contributed by atoms with Crippen LogP contribution in [-0.2, 0) is 0 Å². The number of aliphatic hydroxyl groups excluding tert-OH is 1. The van der Waals surface area contributed by atoms with Crippen LogP contribution in [0.2, 0.25) is 0 Å². The Balaban J connectivity index is 3.28. The summed E-state index contributed by atoms with van der Waals surface area (Å²) in [5.41, 5.74) is -0.948. The molecule has 0 amide bonds. The van der Waals surface area contributed by atoms with Crippen molar-refractivity contribution in [1.29, 1.82) is 0 Å². The second-order valence-corrected chi connectivity index (χ2v) is 2.16. The van der Waals surface area contributed by atoms with Gasteiger partial charge in [0.2, 0.25) is 0 Å². The lowest BCUT2D eigenvalue weighted by Crippen LogP contribution is -2.03. The Morgan fingerprint density at radius 1 is 1.00 bits per heavy atom. The lowest BCUT2D eigenvalue weighted by Gasteiger charge is -2.05. The van der Waals surface area contributed by atoms with Crippen molar-refractivity contribution in [2.75, 3.05) is 0 Å². The molecule has 2 nitrogen and oxygen atoms in total. The molecule has 0 heterocycles. The van der Waals surface area contributed by atoms with E-state index in [-0.39, 0.29) is 0 Å². The van der Waals surface area contributed by atoms with Crippen LogP contribution in [0.1, 0.15) is 11.9 Å². The van der Waals surface area contributed by atoms with E-state index in [2.05, 4.69) is 0 Å². The van der Waals surface area contributed by atoms with Gasteiger partial charge in [-0.05, 0) is 0 Å². The molecule has 12 heavy (non-hydrogen) atoms. The van der Waals surface area contributed by atoms with Crippen molar-refractivity contribution >= 4 is 0 Å². The second-order valence-electron chi connectivity index (χ2n) is 2.16. The van der Waals surface area contributed by atoms with Crippen LogP contribution in [-0.4, -0.2) is 10.2 Å². The fourth-order valence-corrected chi connectivity index (χ4v) is 0.800. The van der Waals surface area contributed by atoms with Crippen LogP contribution in [0.15, 0.2) is 12.1 Å². The van der Waals surface area contributed by atoms with Gasteiger partial charge in [-0.1, -0.05) is 0 Å². The van der Waals surface area contributed by atoms with Gasteiger partial charge in [-0.3, -0.25) is 0 Å². The van der Waals surface area contributed by atoms with Gasteiger partial charge in [-0.25, -0.2) is 13.2 Å². The van der Waals surface area contributed by atoms with Crippen LogP contribution in [0.5, 0.6) is 0 Å². The molecule has 2 N–H and O–H groups in total. The van der Waals surface area contributed by atoms with E-state index in [1.807, 2.05) is 0 Å². The Morgan fingerprint density at radius 2 is 1.42 bits per heavy atom. The maximum Gasteiger partial charge on any atom is 0.184 e. The summed E-state index contributed by atoms with van der Waals surface area (Å²) in [6.07, 6.45) is -2.27. The van der Waals surface area contributed by atoms with Crippen LogP contribution in [0.25, 0.3) is 0 Å². The Bertz CT molecular complexity index is 276. The lowest BCUT2D eigenvalue weighted by atomic mass is 10.2. The number of hydrogen-bond acceptors (Lipinski definition) is 2. The van der Waals surface area contributed by atoms with Gasteiger partial charge < -0.3 is 10.2 Å². The number of halogens is 3. The second kappa shape index (κ2) is 3.12. The van der Waals surface area contributed by atoms with E-state index in [1.165, 1.54) is 0 Å². The van der Waals surface area contributed by atoms with E-state index in [1.54, 1.807) is 0 Å². The predicted molar refractivity (Wildman–Crippen MR) is 33.5 cm³/mol. The lowest BCUT2D eigenvalue weighted by molar-refractivity contribution is -0.0476. The Morgan fingerprint density at radius 3 is 1.75 bits per heavy atom. The molecule has 0 fully saturated rings. The van der Waals surface area contributed by atoms with Crippen molar-refractivity contribution in [3.05, 3.63) is 35.1 Å². The maximum atomic E-state index is 12.6. The van der Waals surface area contributed by atoms with Gasteiger partial charge in [-0.2, -0.15) is 0 Å². The normalized spacial score (nSPS) is 10.8.